The predicted molar refractivity (Wildman–Crippen MR) is 71.3 cm³/mol. The van der Waals surface area contributed by atoms with Gasteiger partial charge in [-0.1, -0.05) is 24.3 Å². The number of phenolic OH excluding ortho intramolecular Hbond substituents is 1. The second-order valence-electron chi connectivity index (χ2n) is 4.00. The molecule has 0 bridgehead atoms. The molecule has 0 saturated heterocycles. The van der Waals surface area contributed by atoms with Crippen molar-refractivity contribution in [3.63, 3.8) is 0 Å². The average Bonchev–Trinajstić information content (AvgIpc) is 2.29. The maximum Gasteiger partial charge on any atom is 0.123 e. The Morgan fingerprint density at radius 2 is 1.94 bits per heavy atom. The summed E-state index contributed by atoms with van der Waals surface area (Å²) in [5, 5.41) is 15.3. The quantitative estimate of drug-likeness (QED) is 0.777. The predicted octanol–water partition coefficient (Wildman–Crippen LogP) is 2.77. The number of hydrogen-bond donors (Lipinski definition) is 2. The lowest BCUT2D eigenvalue weighted by Gasteiger charge is -2.19. The van der Waals surface area contributed by atoms with E-state index in [9.17, 15) is 5.11 Å². The fourth-order valence-electron chi connectivity index (χ4n) is 2.33. The molecule has 0 unspecified atom stereocenters. The Morgan fingerprint density at radius 3 is 2.81 bits per heavy atom. The number of hydrogen-bond acceptors (Lipinski definition) is 2. The number of rotatable bonds is 0. The van der Waals surface area contributed by atoms with Gasteiger partial charge in [0, 0.05) is 11.9 Å². The summed E-state index contributed by atoms with van der Waals surface area (Å²) in [5.41, 5.74) is 2.75. The van der Waals surface area contributed by atoms with Crippen LogP contribution in [0.4, 0.5) is 0 Å². The minimum Gasteiger partial charge on any atom is -0.507 e. The lowest BCUT2D eigenvalue weighted by molar-refractivity contribution is 0.481. The molecule has 3 rings (SSSR count). The maximum atomic E-state index is 9.75. The van der Waals surface area contributed by atoms with Crippen LogP contribution in [0.25, 0.3) is 10.8 Å². The van der Waals surface area contributed by atoms with Crippen LogP contribution in [-0.2, 0) is 13.0 Å². The van der Waals surface area contributed by atoms with Gasteiger partial charge in [-0.2, -0.15) is 0 Å². The van der Waals surface area contributed by atoms with Gasteiger partial charge < -0.3 is 10.4 Å². The van der Waals surface area contributed by atoms with E-state index in [1.807, 2.05) is 12.1 Å². The fourth-order valence-corrected chi connectivity index (χ4v) is 2.33. The molecule has 16 heavy (non-hydrogen) atoms. The van der Waals surface area contributed by atoms with Gasteiger partial charge >= 0.3 is 0 Å². The fraction of sp³-hybridized carbons (Fsp3) is 0.231. The molecule has 2 nitrogen and oxygen atoms in total. The van der Waals surface area contributed by atoms with Gasteiger partial charge in [-0.3, -0.25) is 0 Å². The van der Waals surface area contributed by atoms with E-state index in [1.165, 1.54) is 16.5 Å². The molecule has 2 N–H and O–H groups in total. The average molecular weight is 280 g/mol. The molecule has 0 atom stereocenters. The first-order chi connectivity index (χ1) is 7.36. The smallest absolute Gasteiger partial charge is 0.123 e. The van der Waals surface area contributed by atoms with E-state index in [0.717, 1.165) is 24.9 Å². The topological polar surface area (TPSA) is 32.3 Å². The highest BCUT2D eigenvalue weighted by atomic mass is 79.9. The summed E-state index contributed by atoms with van der Waals surface area (Å²) in [7, 11) is 0. The zero-order valence-corrected chi connectivity index (χ0v) is 10.6. The minimum absolute atomic E-state index is 0. The first-order valence-corrected chi connectivity index (χ1v) is 5.29. The molecule has 1 heterocycles. The number of benzene rings is 2. The van der Waals surface area contributed by atoms with E-state index >= 15 is 0 Å². The highest BCUT2D eigenvalue weighted by Gasteiger charge is 2.12. The van der Waals surface area contributed by atoms with Crippen LogP contribution >= 0.6 is 17.0 Å². The van der Waals surface area contributed by atoms with Gasteiger partial charge in [0.15, 0.2) is 0 Å². The summed E-state index contributed by atoms with van der Waals surface area (Å²) < 4.78 is 0. The first-order valence-electron chi connectivity index (χ1n) is 5.29. The highest BCUT2D eigenvalue weighted by molar-refractivity contribution is 8.93. The number of nitrogens with one attached hydrogen (secondary N) is 1. The molecular weight excluding hydrogens is 266 g/mol. The monoisotopic (exact) mass is 279 g/mol. The van der Waals surface area contributed by atoms with Gasteiger partial charge in [0.2, 0.25) is 0 Å². The molecule has 1 aliphatic rings. The van der Waals surface area contributed by atoms with Crippen molar-refractivity contribution in [3.05, 3.63) is 41.5 Å². The summed E-state index contributed by atoms with van der Waals surface area (Å²) in [4.78, 5) is 0. The summed E-state index contributed by atoms with van der Waals surface area (Å²) in [6.07, 6.45) is 1.08. The largest absolute Gasteiger partial charge is 0.507 e. The maximum absolute atomic E-state index is 9.75. The molecule has 0 spiro atoms. The Balaban J connectivity index is 0.000000963. The molecule has 0 amide bonds. The molecule has 0 fully saturated rings. The molecule has 3 heteroatoms. The standard InChI is InChI=1S/C13H13NO.BrH/c15-13-3-1-2-10-11(13)5-4-9-6-7-14-8-12(9)10;/h1-5,14-15H,6-8H2;1H. The Labute approximate surface area is 105 Å². The van der Waals surface area contributed by atoms with E-state index in [2.05, 4.69) is 17.4 Å². The lowest BCUT2D eigenvalue weighted by atomic mass is 9.94. The Bertz CT molecular complexity index is 525. The van der Waals surface area contributed by atoms with Crippen LogP contribution < -0.4 is 5.32 Å². The van der Waals surface area contributed by atoms with Crippen LogP contribution in [0.5, 0.6) is 5.75 Å². The van der Waals surface area contributed by atoms with Crippen molar-refractivity contribution in [2.75, 3.05) is 6.54 Å². The normalized spacial score (nSPS) is 14.2. The van der Waals surface area contributed by atoms with Crippen molar-refractivity contribution in [1.82, 2.24) is 5.32 Å². The molecular formula is C13H14BrNO. The van der Waals surface area contributed by atoms with Crippen LogP contribution in [0, 0.1) is 0 Å². The van der Waals surface area contributed by atoms with Crippen molar-refractivity contribution >= 4 is 27.8 Å². The molecule has 2 aromatic carbocycles. The van der Waals surface area contributed by atoms with Crippen molar-refractivity contribution in [3.8, 4) is 5.75 Å². The number of fused-ring (bicyclic) bond motifs is 3. The molecule has 0 radical (unpaired) electrons. The van der Waals surface area contributed by atoms with Crippen molar-refractivity contribution in [2.45, 2.75) is 13.0 Å². The van der Waals surface area contributed by atoms with Crippen molar-refractivity contribution in [1.29, 1.82) is 0 Å². The number of aromatic hydroxyl groups is 1. The molecule has 1 aliphatic heterocycles. The summed E-state index contributed by atoms with van der Waals surface area (Å²) in [5.74, 6) is 0.376. The van der Waals surface area contributed by atoms with Crippen LogP contribution in [-0.4, -0.2) is 11.7 Å². The van der Waals surface area contributed by atoms with E-state index in [0.29, 0.717) is 5.75 Å². The lowest BCUT2D eigenvalue weighted by Crippen LogP contribution is -2.23. The van der Waals surface area contributed by atoms with E-state index in [-0.39, 0.29) is 17.0 Å². The van der Waals surface area contributed by atoms with Crippen LogP contribution in [0.15, 0.2) is 30.3 Å². The van der Waals surface area contributed by atoms with Crippen LogP contribution in [0.2, 0.25) is 0 Å². The zero-order valence-electron chi connectivity index (χ0n) is 8.86. The summed E-state index contributed by atoms with van der Waals surface area (Å²) in [6, 6.07) is 9.89. The highest BCUT2D eigenvalue weighted by Crippen LogP contribution is 2.30. The minimum atomic E-state index is 0. The summed E-state index contributed by atoms with van der Waals surface area (Å²) >= 11 is 0. The SMILES string of the molecule is Br.Oc1cccc2c3c(ccc12)CCNC3. The number of phenols is 1. The van der Waals surface area contributed by atoms with Gasteiger partial charge in [0.1, 0.15) is 5.75 Å². The van der Waals surface area contributed by atoms with Crippen molar-refractivity contribution in [2.24, 2.45) is 0 Å². The Morgan fingerprint density at radius 1 is 1.06 bits per heavy atom. The summed E-state index contributed by atoms with van der Waals surface area (Å²) in [6.45, 7) is 1.97. The second kappa shape index (κ2) is 4.44. The third-order valence-corrected chi connectivity index (χ3v) is 3.12. The molecule has 2 aromatic rings. The third-order valence-electron chi connectivity index (χ3n) is 3.12. The van der Waals surface area contributed by atoms with E-state index in [4.69, 9.17) is 0 Å². The van der Waals surface area contributed by atoms with Gasteiger partial charge in [0.05, 0.1) is 0 Å². The molecule has 0 aliphatic carbocycles. The molecule has 0 saturated carbocycles. The zero-order chi connectivity index (χ0) is 10.3. The Kier molecular flexibility index (Phi) is 3.17. The van der Waals surface area contributed by atoms with Crippen molar-refractivity contribution < 1.29 is 5.11 Å². The van der Waals surface area contributed by atoms with Crippen LogP contribution in [0.3, 0.4) is 0 Å². The van der Waals surface area contributed by atoms with Gasteiger partial charge in [-0.25, -0.2) is 0 Å². The number of halogens is 1. The molecule has 84 valence electrons. The van der Waals surface area contributed by atoms with Gasteiger partial charge in [0.25, 0.3) is 0 Å². The van der Waals surface area contributed by atoms with E-state index in [1.54, 1.807) is 6.07 Å². The third kappa shape index (κ3) is 1.70. The molecule has 0 aromatic heterocycles. The van der Waals surface area contributed by atoms with Gasteiger partial charge in [-0.05, 0) is 35.5 Å². The van der Waals surface area contributed by atoms with Gasteiger partial charge in [-0.15, -0.1) is 17.0 Å². The second-order valence-corrected chi connectivity index (χ2v) is 4.00. The van der Waals surface area contributed by atoms with E-state index < -0.39 is 0 Å². The first kappa shape index (κ1) is 11.4. The Hall–Kier alpha value is -1.06. The van der Waals surface area contributed by atoms with Crippen LogP contribution in [0.1, 0.15) is 11.1 Å².